The molecule has 2 heteroatoms. The van der Waals surface area contributed by atoms with Crippen molar-refractivity contribution in [3.8, 4) is 0 Å². The third-order valence-corrected chi connectivity index (χ3v) is 8.88. The number of carbonyl (C=O) groups excluding carboxylic acids is 1. The number of hydrogen-bond acceptors (Lipinski definition) is 2. The number of rotatable bonds is 4. The smallest absolute Gasteiger partial charge is 0.133 e. The van der Waals surface area contributed by atoms with Crippen molar-refractivity contribution in [3.05, 3.63) is 0 Å². The molecule has 3 saturated carbocycles. The van der Waals surface area contributed by atoms with Crippen LogP contribution in [0.25, 0.3) is 0 Å². The summed E-state index contributed by atoms with van der Waals surface area (Å²) in [6.45, 7) is 9.08. The van der Waals surface area contributed by atoms with Crippen LogP contribution in [0.15, 0.2) is 0 Å². The van der Waals surface area contributed by atoms with Gasteiger partial charge in [-0.2, -0.15) is 0 Å². The number of Topliss-reactive ketones (excluding diaryl/α,β-unsaturated/α-hetero) is 1. The van der Waals surface area contributed by atoms with Gasteiger partial charge in [-0.3, -0.25) is 4.79 Å². The number of fused-ring (bicyclic) bond motifs is 1. The van der Waals surface area contributed by atoms with E-state index < -0.39 is 0 Å². The van der Waals surface area contributed by atoms with E-state index in [9.17, 15) is 9.90 Å². The zero-order chi connectivity index (χ0) is 17.5. The molecule has 2 nitrogen and oxygen atoms in total. The van der Waals surface area contributed by atoms with E-state index in [2.05, 4.69) is 20.8 Å². The first-order valence-electron chi connectivity index (χ1n) is 10.5. The number of ketones is 1. The largest absolute Gasteiger partial charge is 0.393 e. The molecule has 3 aliphatic rings. The van der Waals surface area contributed by atoms with Crippen molar-refractivity contribution in [1.82, 2.24) is 0 Å². The Balaban J connectivity index is 1.70. The van der Waals surface area contributed by atoms with E-state index in [1.54, 1.807) is 6.92 Å². The number of aliphatic hydroxyl groups excluding tert-OH is 1. The van der Waals surface area contributed by atoms with Crippen molar-refractivity contribution in [1.29, 1.82) is 0 Å². The van der Waals surface area contributed by atoms with Crippen LogP contribution in [0.1, 0.15) is 91.9 Å². The average Bonchev–Trinajstić information content (AvgIpc) is 2.82. The lowest BCUT2D eigenvalue weighted by atomic mass is 9.53. The predicted octanol–water partition coefficient (Wildman–Crippen LogP) is 5.38. The van der Waals surface area contributed by atoms with Gasteiger partial charge in [-0.15, -0.1) is 0 Å². The second kappa shape index (κ2) is 6.74. The lowest BCUT2D eigenvalue weighted by Gasteiger charge is -2.52. The molecule has 0 radical (unpaired) electrons. The molecule has 0 bridgehead atoms. The second-order valence-electron chi connectivity index (χ2n) is 9.94. The van der Waals surface area contributed by atoms with Crippen molar-refractivity contribution in [2.75, 3.05) is 0 Å². The highest BCUT2D eigenvalue weighted by atomic mass is 16.3. The van der Waals surface area contributed by atoms with Crippen LogP contribution in [0, 0.1) is 34.5 Å². The van der Waals surface area contributed by atoms with Crippen LogP contribution in [-0.4, -0.2) is 17.0 Å². The minimum absolute atomic E-state index is 0.0590. The molecule has 138 valence electrons. The maximum atomic E-state index is 12.2. The van der Waals surface area contributed by atoms with Gasteiger partial charge in [0.05, 0.1) is 6.10 Å². The Morgan fingerprint density at radius 3 is 2.58 bits per heavy atom. The monoisotopic (exact) mass is 334 g/mol. The molecule has 3 fully saturated rings. The third kappa shape index (κ3) is 3.08. The van der Waals surface area contributed by atoms with E-state index in [-0.39, 0.29) is 17.4 Å². The van der Waals surface area contributed by atoms with E-state index >= 15 is 0 Å². The Morgan fingerprint density at radius 2 is 1.88 bits per heavy atom. The summed E-state index contributed by atoms with van der Waals surface area (Å²) in [6, 6.07) is 0. The summed E-state index contributed by atoms with van der Waals surface area (Å²) in [6.07, 6.45) is 12.0. The van der Waals surface area contributed by atoms with Crippen molar-refractivity contribution in [2.24, 2.45) is 34.5 Å². The molecule has 0 aromatic carbocycles. The Morgan fingerprint density at radius 1 is 1.12 bits per heavy atom. The zero-order valence-corrected chi connectivity index (χ0v) is 16.3. The van der Waals surface area contributed by atoms with Gasteiger partial charge in [-0.05, 0) is 93.3 Å². The fourth-order valence-corrected chi connectivity index (χ4v) is 6.79. The first-order valence-corrected chi connectivity index (χ1v) is 10.5. The Kier molecular flexibility index (Phi) is 5.17. The summed E-state index contributed by atoms with van der Waals surface area (Å²) >= 11 is 0. The molecule has 0 spiro atoms. The van der Waals surface area contributed by atoms with E-state index in [1.807, 2.05) is 0 Å². The predicted molar refractivity (Wildman–Crippen MR) is 98.7 cm³/mol. The zero-order valence-electron chi connectivity index (χ0n) is 16.3. The molecule has 0 aliphatic heterocycles. The quantitative estimate of drug-likeness (QED) is 0.750. The molecule has 7 atom stereocenters. The Labute approximate surface area is 148 Å². The molecule has 3 aliphatic carbocycles. The molecule has 3 unspecified atom stereocenters. The van der Waals surface area contributed by atoms with Crippen LogP contribution < -0.4 is 0 Å². The van der Waals surface area contributed by atoms with Gasteiger partial charge in [-0.25, -0.2) is 0 Å². The molecule has 0 aromatic heterocycles. The minimum atomic E-state index is -0.0590. The van der Waals surface area contributed by atoms with Crippen LogP contribution in [0.3, 0.4) is 0 Å². The van der Waals surface area contributed by atoms with Crippen LogP contribution >= 0.6 is 0 Å². The van der Waals surface area contributed by atoms with Gasteiger partial charge in [0.2, 0.25) is 0 Å². The minimum Gasteiger partial charge on any atom is -0.393 e. The van der Waals surface area contributed by atoms with Gasteiger partial charge in [0, 0.05) is 5.92 Å². The van der Waals surface area contributed by atoms with E-state index in [4.69, 9.17) is 0 Å². The standard InChI is InChI=1S/C22H38O2/c1-15-8-9-20(16(2)23)21(15,3)12-10-17-6-5-7-18-14-19(24)11-13-22(17,18)4/h15,17-20,24H,5-14H2,1-4H3/t15-,17-,18+,19-,20?,21?,22?/m1/s1. The molecule has 0 heterocycles. The molecule has 24 heavy (non-hydrogen) atoms. The average molecular weight is 335 g/mol. The second-order valence-corrected chi connectivity index (χ2v) is 9.94. The van der Waals surface area contributed by atoms with Gasteiger partial charge in [0.1, 0.15) is 5.78 Å². The maximum absolute atomic E-state index is 12.2. The van der Waals surface area contributed by atoms with Crippen molar-refractivity contribution >= 4 is 5.78 Å². The maximum Gasteiger partial charge on any atom is 0.133 e. The van der Waals surface area contributed by atoms with Gasteiger partial charge < -0.3 is 5.11 Å². The first-order chi connectivity index (χ1) is 11.3. The fourth-order valence-electron chi connectivity index (χ4n) is 6.79. The molecule has 0 saturated heterocycles. The Bertz CT molecular complexity index is 473. The molecule has 3 rings (SSSR count). The summed E-state index contributed by atoms with van der Waals surface area (Å²) < 4.78 is 0. The van der Waals surface area contributed by atoms with Crippen LogP contribution in [-0.2, 0) is 4.79 Å². The van der Waals surface area contributed by atoms with Crippen LogP contribution in [0.2, 0.25) is 0 Å². The highest BCUT2D eigenvalue weighted by Gasteiger charge is 2.50. The van der Waals surface area contributed by atoms with E-state index in [1.165, 1.54) is 44.9 Å². The van der Waals surface area contributed by atoms with Crippen molar-refractivity contribution in [3.63, 3.8) is 0 Å². The summed E-state index contributed by atoms with van der Waals surface area (Å²) in [5, 5.41) is 10.1. The SMILES string of the molecule is CC(=O)C1CC[C@@H](C)C1(C)CC[C@H]1CCC[C@H]2C[C@H](O)CCC12C. The fraction of sp³-hybridized carbons (Fsp3) is 0.955. The van der Waals surface area contributed by atoms with Crippen LogP contribution in [0.5, 0.6) is 0 Å². The van der Waals surface area contributed by atoms with Crippen LogP contribution in [0.4, 0.5) is 0 Å². The third-order valence-electron chi connectivity index (χ3n) is 8.88. The van der Waals surface area contributed by atoms with Gasteiger partial charge >= 0.3 is 0 Å². The number of carbonyl (C=O) groups is 1. The van der Waals surface area contributed by atoms with E-state index in [0.29, 0.717) is 17.1 Å². The topological polar surface area (TPSA) is 37.3 Å². The first kappa shape index (κ1) is 18.4. The normalized spacial score (nSPS) is 49.0. The molecule has 1 N–H and O–H groups in total. The highest BCUT2D eigenvalue weighted by Crippen LogP contribution is 2.57. The Hall–Kier alpha value is -0.370. The van der Waals surface area contributed by atoms with Gasteiger partial charge in [-0.1, -0.05) is 27.2 Å². The highest BCUT2D eigenvalue weighted by molar-refractivity contribution is 5.79. The molecule has 0 aromatic rings. The summed E-state index contributed by atoms with van der Waals surface area (Å²) in [4.78, 5) is 12.2. The molecule has 0 amide bonds. The molecular weight excluding hydrogens is 296 g/mol. The summed E-state index contributed by atoms with van der Waals surface area (Å²) in [5.41, 5.74) is 0.644. The number of aliphatic hydroxyl groups is 1. The van der Waals surface area contributed by atoms with E-state index in [0.717, 1.165) is 31.1 Å². The lowest BCUT2D eigenvalue weighted by molar-refractivity contribution is -0.124. The summed E-state index contributed by atoms with van der Waals surface area (Å²) in [7, 11) is 0. The lowest BCUT2D eigenvalue weighted by Crippen LogP contribution is -2.45. The number of hydrogen-bond donors (Lipinski definition) is 1. The van der Waals surface area contributed by atoms with Crippen molar-refractivity contribution in [2.45, 2.75) is 98.0 Å². The van der Waals surface area contributed by atoms with Gasteiger partial charge in [0.25, 0.3) is 0 Å². The summed E-state index contributed by atoms with van der Waals surface area (Å²) in [5.74, 6) is 2.88. The van der Waals surface area contributed by atoms with Crippen molar-refractivity contribution < 1.29 is 9.90 Å². The van der Waals surface area contributed by atoms with Gasteiger partial charge in [0.15, 0.2) is 0 Å². The molecular formula is C22H38O2.